The molecular formula is C54H66N4O6S5. The summed E-state index contributed by atoms with van der Waals surface area (Å²) in [7, 11) is -3.82. The Morgan fingerprint density at radius 1 is 0.449 bits per heavy atom. The highest BCUT2D eigenvalue weighted by Crippen LogP contribution is 2.36. The number of carbonyl (C=O) groups is 2. The van der Waals surface area contributed by atoms with Crippen LogP contribution in [0.3, 0.4) is 0 Å². The Balaban J connectivity index is 0.771. The van der Waals surface area contributed by atoms with Crippen molar-refractivity contribution in [3.8, 4) is 23.0 Å². The van der Waals surface area contributed by atoms with E-state index in [1.54, 1.807) is 72.8 Å². The number of thioether (sulfide) groups is 2. The number of anilines is 2. The Bertz CT molecular complexity index is 2230. The van der Waals surface area contributed by atoms with Gasteiger partial charge in [-0.2, -0.15) is 0 Å². The van der Waals surface area contributed by atoms with E-state index in [4.69, 9.17) is 33.9 Å². The van der Waals surface area contributed by atoms with Crippen LogP contribution in [0.15, 0.2) is 107 Å². The van der Waals surface area contributed by atoms with E-state index in [9.17, 15) is 18.0 Å². The molecule has 4 saturated carbocycles. The van der Waals surface area contributed by atoms with Crippen LogP contribution >= 0.6 is 48.0 Å². The van der Waals surface area contributed by atoms with Crippen LogP contribution in [-0.2, 0) is 19.4 Å². The first-order valence-corrected chi connectivity index (χ1v) is 29.4. The van der Waals surface area contributed by atoms with Gasteiger partial charge in [-0.15, -0.1) is 0 Å². The fourth-order valence-corrected chi connectivity index (χ4v) is 14.2. The Hall–Kier alpha value is -4.15. The zero-order valence-corrected chi connectivity index (χ0v) is 43.6. The number of hydrogen-bond acceptors (Lipinski definition) is 10. The molecule has 4 aliphatic rings. The number of rotatable bonds is 16. The Kier molecular flexibility index (Phi) is 18.8. The molecule has 0 aromatic heterocycles. The lowest BCUT2D eigenvalue weighted by molar-refractivity contribution is -0.114. The molecule has 2 N–H and O–H groups in total. The van der Waals surface area contributed by atoms with Crippen molar-refractivity contribution in [2.75, 3.05) is 22.1 Å². The summed E-state index contributed by atoms with van der Waals surface area (Å²) in [6.45, 7) is 0. The van der Waals surface area contributed by atoms with Crippen molar-refractivity contribution in [1.29, 1.82) is 0 Å². The first-order chi connectivity index (χ1) is 33.6. The van der Waals surface area contributed by atoms with Gasteiger partial charge in [0.2, 0.25) is 21.7 Å². The molecule has 4 aromatic carbocycles. The van der Waals surface area contributed by atoms with E-state index >= 15 is 0 Å². The maximum absolute atomic E-state index is 13.6. The van der Waals surface area contributed by atoms with Crippen LogP contribution in [0.25, 0.3) is 0 Å². The number of benzene rings is 4. The molecule has 0 saturated heterocycles. The molecule has 0 heterocycles. The summed E-state index contributed by atoms with van der Waals surface area (Å²) < 4.78 is 40.9. The van der Waals surface area contributed by atoms with Gasteiger partial charge in [0.05, 0.1) is 21.3 Å². The normalized spacial score (nSPS) is 17.6. The Morgan fingerprint density at radius 3 is 0.986 bits per heavy atom. The van der Waals surface area contributed by atoms with E-state index in [1.807, 2.05) is 0 Å². The SMILES string of the molecule is O=C(CSC(=S)N(C1CCCCC1)C1CCCCC1)Nc1ccc(Oc2ccc(S(=O)(=O)c3ccc(Oc4ccc(NC(=O)CSC(=S)N(C5CCCCC5)C5CCCCC5)cc4)cc3)cc2)cc1. The predicted octanol–water partition coefficient (Wildman–Crippen LogP) is 14.0. The molecule has 4 fully saturated rings. The van der Waals surface area contributed by atoms with Gasteiger partial charge in [0.15, 0.2) is 0 Å². The summed E-state index contributed by atoms with van der Waals surface area (Å²) >= 11 is 14.9. The fraction of sp³-hybridized carbons (Fsp3) is 0.481. The fourth-order valence-electron chi connectivity index (χ4n) is 10.4. The highest BCUT2D eigenvalue weighted by Gasteiger charge is 2.32. The zero-order valence-electron chi connectivity index (χ0n) is 39.5. The van der Waals surface area contributed by atoms with Crippen LogP contribution in [0.2, 0.25) is 0 Å². The van der Waals surface area contributed by atoms with Crippen molar-refractivity contribution >= 4 is 89.6 Å². The van der Waals surface area contributed by atoms with Gasteiger partial charge in [-0.1, -0.05) is 125 Å². The lowest BCUT2D eigenvalue weighted by Gasteiger charge is -2.43. The van der Waals surface area contributed by atoms with E-state index in [-0.39, 0.29) is 33.1 Å². The maximum Gasteiger partial charge on any atom is 0.234 e. The van der Waals surface area contributed by atoms with Crippen LogP contribution in [0, 0.1) is 0 Å². The van der Waals surface area contributed by atoms with Gasteiger partial charge in [-0.3, -0.25) is 9.59 Å². The summed E-state index contributed by atoms with van der Waals surface area (Å²) in [5.41, 5.74) is 1.31. The summed E-state index contributed by atoms with van der Waals surface area (Å²) in [6.07, 6.45) is 24.7. The monoisotopic (exact) mass is 1030 g/mol. The third-order valence-electron chi connectivity index (χ3n) is 14.0. The number of ether oxygens (including phenoxy) is 2. The number of nitrogens with one attached hydrogen (secondary N) is 2. The van der Waals surface area contributed by atoms with E-state index in [2.05, 4.69) is 20.4 Å². The number of sulfone groups is 1. The molecule has 2 amide bonds. The molecule has 368 valence electrons. The molecule has 4 aliphatic carbocycles. The topological polar surface area (TPSA) is 117 Å². The van der Waals surface area contributed by atoms with Crippen LogP contribution in [0.5, 0.6) is 23.0 Å². The van der Waals surface area contributed by atoms with Gasteiger partial charge >= 0.3 is 0 Å². The highest BCUT2D eigenvalue weighted by molar-refractivity contribution is 8.23. The highest BCUT2D eigenvalue weighted by atomic mass is 32.2. The first kappa shape index (κ1) is 51.2. The number of carbonyl (C=O) groups excluding carboxylic acids is 2. The molecule has 4 aromatic rings. The average molecular weight is 1030 g/mol. The second-order valence-electron chi connectivity index (χ2n) is 18.9. The Morgan fingerprint density at radius 2 is 0.710 bits per heavy atom. The quantitative estimate of drug-likeness (QED) is 0.104. The second-order valence-corrected chi connectivity index (χ2v) is 24.1. The molecule has 0 aliphatic heterocycles. The van der Waals surface area contributed by atoms with E-state index in [0.717, 1.165) is 8.64 Å². The maximum atomic E-state index is 13.6. The smallest absolute Gasteiger partial charge is 0.234 e. The summed E-state index contributed by atoms with van der Waals surface area (Å²) in [6, 6.07) is 28.7. The largest absolute Gasteiger partial charge is 0.457 e. The summed E-state index contributed by atoms with van der Waals surface area (Å²) in [4.78, 5) is 31.3. The molecule has 0 spiro atoms. The Labute approximate surface area is 428 Å². The van der Waals surface area contributed by atoms with E-state index < -0.39 is 9.84 Å². The van der Waals surface area contributed by atoms with Crippen molar-refractivity contribution in [2.24, 2.45) is 0 Å². The minimum absolute atomic E-state index is 0.105. The van der Waals surface area contributed by atoms with Crippen molar-refractivity contribution in [3.63, 3.8) is 0 Å². The van der Waals surface area contributed by atoms with Gasteiger partial charge in [-0.05, 0) is 148 Å². The zero-order chi connectivity index (χ0) is 48.0. The average Bonchev–Trinajstić information content (AvgIpc) is 3.38. The van der Waals surface area contributed by atoms with Crippen molar-refractivity contribution in [1.82, 2.24) is 9.80 Å². The third-order valence-corrected chi connectivity index (χ3v) is 18.6. The molecule has 8 rings (SSSR count). The molecule has 69 heavy (non-hydrogen) atoms. The number of hydrogen-bond donors (Lipinski definition) is 2. The molecule has 10 nitrogen and oxygen atoms in total. The summed E-state index contributed by atoms with van der Waals surface area (Å²) in [5, 5.41) is 5.97. The van der Waals surface area contributed by atoms with Crippen LogP contribution in [0.4, 0.5) is 11.4 Å². The van der Waals surface area contributed by atoms with Gasteiger partial charge in [0.1, 0.15) is 31.6 Å². The standard InChI is InChI=1S/C54H66N4O6S5/c59-51(37-67-53(65)57(41-13-5-1-6-14-41)42-15-7-2-8-16-42)55-39-21-25-45(26-22-39)63-47-29-33-49(34-30-47)69(61,62)50-35-31-48(32-36-50)64-46-27-23-40(24-28-46)56-52(60)38-68-54(66)58(43-17-9-3-10-18-43)44-19-11-4-12-20-44/h21-36,41-44H,1-20,37-38H2,(H,55,59)(H,56,60). The molecule has 0 bridgehead atoms. The van der Waals surface area contributed by atoms with Gasteiger partial charge in [0.25, 0.3) is 0 Å². The first-order valence-electron chi connectivity index (χ1n) is 25.1. The molecule has 0 atom stereocenters. The van der Waals surface area contributed by atoms with Gasteiger partial charge < -0.3 is 29.9 Å². The lowest BCUT2D eigenvalue weighted by atomic mass is 9.89. The lowest BCUT2D eigenvalue weighted by Crippen LogP contribution is -2.47. The molecule has 0 unspecified atom stereocenters. The van der Waals surface area contributed by atoms with E-state index in [0.29, 0.717) is 58.5 Å². The molecule has 15 heteroatoms. The van der Waals surface area contributed by atoms with Gasteiger partial charge in [-0.25, -0.2) is 8.42 Å². The number of amides is 2. The van der Waals surface area contributed by atoms with Crippen LogP contribution in [-0.4, -0.2) is 74.3 Å². The van der Waals surface area contributed by atoms with Gasteiger partial charge in [0, 0.05) is 35.5 Å². The van der Waals surface area contributed by atoms with Crippen LogP contribution in [0.1, 0.15) is 128 Å². The second kappa shape index (κ2) is 25.3. The van der Waals surface area contributed by atoms with Crippen molar-refractivity contribution in [3.05, 3.63) is 97.1 Å². The van der Waals surface area contributed by atoms with E-state index in [1.165, 1.54) is 176 Å². The van der Waals surface area contributed by atoms with Crippen LogP contribution < -0.4 is 20.1 Å². The molecular weight excluding hydrogens is 961 g/mol. The number of thiocarbonyl (C=S) groups is 2. The minimum atomic E-state index is -3.82. The third kappa shape index (κ3) is 14.5. The number of nitrogens with zero attached hydrogens (tertiary/aromatic N) is 2. The summed E-state index contributed by atoms with van der Waals surface area (Å²) in [5.74, 6) is 2.34. The van der Waals surface area contributed by atoms with Crippen molar-refractivity contribution in [2.45, 2.75) is 162 Å². The minimum Gasteiger partial charge on any atom is -0.457 e. The van der Waals surface area contributed by atoms with Crippen molar-refractivity contribution < 1.29 is 27.5 Å². The predicted molar refractivity (Wildman–Crippen MR) is 290 cm³/mol. The molecule has 0 radical (unpaired) electrons.